The molecule has 0 spiro atoms. The Labute approximate surface area is 115 Å². The standard InChI is InChI=1S/C15H13FO4/c1-19-11-4-2-10(3-5-11)9-20-12-6-14(16)13(8-17)15(18)7-12/h2-8,18H,9H2,1H3. The summed E-state index contributed by atoms with van der Waals surface area (Å²) in [4.78, 5) is 10.5. The van der Waals surface area contributed by atoms with Crippen molar-refractivity contribution in [1.29, 1.82) is 0 Å². The van der Waals surface area contributed by atoms with E-state index < -0.39 is 11.6 Å². The van der Waals surface area contributed by atoms with Crippen LogP contribution >= 0.6 is 0 Å². The highest BCUT2D eigenvalue weighted by molar-refractivity contribution is 5.80. The maximum absolute atomic E-state index is 13.4. The van der Waals surface area contributed by atoms with Gasteiger partial charge in [-0.3, -0.25) is 4.79 Å². The summed E-state index contributed by atoms with van der Waals surface area (Å²) in [6, 6.07) is 9.46. The molecule has 104 valence electrons. The summed E-state index contributed by atoms with van der Waals surface area (Å²) in [5.74, 6) is -0.372. The number of benzene rings is 2. The van der Waals surface area contributed by atoms with Crippen LogP contribution in [-0.2, 0) is 6.61 Å². The molecule has 0 unspecified atom stereocenters. The van der Waals surface area contributed by atoms with Crippen LogP contribution < -0.4 is 9.47 Å². The van der Waals surface area contributed by atoms with Gasteiger partial charge in [0.25, 0.3) is 0 Å². The molecular formula is C15H13FO4. The zero-order valence-corrected chi connectivity index (χ0v) is 10.8. The molecule has 0 atom stereocenters. The number of rotatable bonds is 5. The highest BCUT2D eigenvalue weighted by Crippen LogP contribution is 2.26. The number of phenolic OH excluding ortho intramolecular Hbond substituents is 1. The molecule has 5 heteroatoms. The third-order valence-electron chi connectivity index (χ3n) is 2.76. The molecule has 20 heavy (non-hydrogen) atoms. The van der Waals surface area contributed by atoms with Crippen LogP contribution in [0.25, 0.3) is 0 Å². The Morgan fingerprint density at radius 2 is 1.90 bits per heavy atom. The van der Waals surface area contributed by atoms with Gasteiger partial charge in [0.15, 0.2) is 6.29 Å². The lowest BCUT2D eigenvalue weighted by molar-refractivity contribution is 0.111. The number of hydrogen-bond acceptors (Lipinski definition) is 4. The predicted octanol–water partition coefficient (Wildman–Crippen LogP) is 2.93. The van der Waals surface area contributed by atoms with Crippen molar-refractivity contribution in [3.63, 3.8) is 0 Å². The molecular weight excluding hydrogens is 263 g/mol. The normalized spacial score (nSPS) is 10.1. The minimum absolute atomic E-state index is 0.154. The van der Waals surface area contributed by atoms with E-state index in [2.05, 4.69) is 0 Å². The average molecular weight is 276 g/mol. The van der Waals surface area contributed by atoms with Gasteiger partial charge >= 0.3 is 0 Å². The number of aldehydes is 1. The van der Waals surface area contributed by atoms with Gasteiger partial charge in [0.05, 0.1) is 12.7 Å². The lowest BCUT2D eigenvalue weighted by atomic mass is 10.2. The second kappa shape index (κ2) is 6.06. The molecule has 0 radical (unpaired) electrons. The molecule has 2 rings (SSSR count). The summed E-state index contributed by atoms with van der Waals surface area (Å²) < 4.78 is 23.9. The van der Waals surface area contributed by atoms with Crippen LogP contribution in [0.2, 0.25) is 0 Å². The predicted molar refractivity (Wildman–Crippen MR) is 70.8 cm³/mol. The number of carbonyl (C=O) groups is 1. The van der Waals surface area contributed by atoms with Gasteiger partial charge in [-0.1, -0.05) is 12.1 Å². The van der Waals surface area contributed by atoms with E-state index in [-0.39, 0.29) is 24.2 Å². The van der Waals surface area contributed by atoms with Crippen molar-refractivity contribution in [2.45, 2.75) is 6.61 Å². The molecule has 0 aliphatic carbocycles. The SMILES string of the molecule is COc1ccc(COc2cc(O)c(C=O)c(F)c2)cc1. The molecule has 0 aliphatic rings. The molecule has 0 bridgehead atoms. The van der Waals surface area contributed by atoms with Gasteiger partial charge in [-0.2, -0.15) is 0 Å². The second-order valence-electron chi connectivity index (χ2n) is 4.09. The smallest absolute Gasteiger partial charge is 0.156 e. The van der Waals surface area contributed by atoms with Crippen molar-refractivity contribution < 1.29 is 23.8 Å². The molecule has 0 fully saturated rings. The van der Waals surface area contributed by atoms with Crippen molar-refractivity contribution in [2.75, 3.05) is 7.11 Å². The summed E-state index contributed by atoms with van der Waals surface area (Å²) in [5, 5.41) is 9.47. The van der Waals surface area contributed by atoms with Crippen LogP contribution in [0.15, 0.2) is 36.4 Å². The first kappa shape index (κ1) is 13.9. The minimum Gasteiger partial charge on any atom is -0.507 e. The van der Waals surface area contributed by atoms with E-state index in [0.717, 1.165) is 17.4 Å². The maximum Gasteiger partial charge on any atom is 0.156 e. The minimum atomic E-state index is -0.815. The number of methoxy groups -OCH3 is 1. The first-order valence-electron chi connectivity index (χ1n) is 5.87. The van der Waals surface area contributed by atoms with Crippen LogP contribution in [0.4, 0.5) is 4.39 Å². The molecule has 0 amide bonds. The van der Waals surface area contributed by atoms with Gasteiger partial charge in [0.2, 0.25) is 0 Å². The van der Waals surface area contributed by atoms with Gasteiger partial charge in [-0.05, 0) is 17.7 Å². The average Bonchev–Trinajstić information content (AvgIpc) is 2.45. The zero-order valence-electron chi connectivity index (χ0n) is 10.8. The summed E-state index contributed by atoms with van der Waals surface area (Å²) in [6.45, 7) is 0.212. The second-order valence-corrected chi connectivity index (χ2v) is 4.09. The number of ether oxygens (including phenoxy) is 2. The molecule has 2 aromatic rings. The third kappa shape index (κ3) is 3.06. The zero-order chi connectivity index (χ0) is 14.5. The first-order valence-corrected chi connectivity index (χ1v) is 5.87. The number of phenols is 1. The summed E-state index contributed by atoms with van der Waals surface area (Å²) in [7, 11) is 1.58. The largest absolute Gasteiger partial charge is 0.507 e. The molecule has 1 N–H and O–H groups in total. The number of aromatic hydroxyl groups is 1. The van der Waals surface area contributed by atoms with Crippen LogP contribution in [0, 0.1) is 5.82 Å². The molecule has 4 nitrogen and oxygen atoms in total. The van der Waals surface area contributed by atoms with E-state index in [9.17, 15) is 14.3 Å². The van der Waals surface area contributed by atoms with E-state index >= 15 is 0 Å². The molecule has 0 saturated carbocycles. The third-order valence-corrected chi connectivity index (χ3v) is 2.76. The Hall–Kier alpha value is -2.56. The van der Waals surface area contributed by atoms with Crippen LogP contribution in [0.1, 0.15) is 15.9 Å². The molecule has 0 saturated heterocycles. The highest BCUT2D eigenvalue weighted by atomic mass is 19.1. The van der Waals surface area contributed by atoms with E-state index in [1.807, 2.05) is 12.1 Å². The summed E-state index contributed by atoms with van der Waals surface area (Å²) in [6.07, 6.45) is 0.262. The number of hydrogen-bond donors (Lipinski definition) is 1. The molecule has 0 aliphatic heterocycles. The van der Waals surface area contributed by atoms with E-state index in [1.54, 1.807) is 19.2 Å². The Kier molecular flexibility index (Phi) is 4.20. The number of carbonyl (C=O) groups excluding carboxylic acids is 1. The fraction of sp³-hybridized carbons (Fsp3) is 0.133. The van der Waals surface area contributed by atoms with Crippen molar-refractivity contribution in [3.8, 4) is 17.2 Å². The van der Waals surface area contributed by atoms with Gasteiger partial charge in [-0.25, -0.2) is 4.39 Å². The quantitative estimate of drug-likeness (QED) is 0.853. The van der Waals surface area contributed by atoms with E-state index in [1.165, 1.54) is 6.07 Å². The van der Waals surface area contributed by atoms with Gasteiger partial charge in [0, 0.05) is 12.1 Å². The van der Waals surface area contributed by atoms with Crippen LogP contribution in [0.3, 0.4) is 0 Å². The first-order chi connectivity index (χ1) is 9.63. The fourth-order valence-electron chi connectivity index (χ4n) is 1.67. The Morgan fingerprint density at radius 1 is 1.20 bits per heavy atom. The van der Waals surface area contributed by atoms with Crippen molar-refractivity contribution in [2.24, 2.45) is 0 Å². The van der Waals surface area contributed by atoms with Gasteiger partial charge in [-0.15, -0.1) is 0 Å². The topological polar surface area (TPSA) is 55.8 Å². The van der Waals surface area contributed by atoms with Crippen LogP contribution in [0.5, 0.6) is 17.2 Å². The maximum atomic E-state index is 13.4. The lowest BCUT2D eigenvalue weighted by Crippen LogP contribution is -1.97. The molecule has 0 heterocycles. The van der Waals surface area contributed by atoms with Gasteiger partial charge in [0.1, 0.15) is 29.7 Å². The number of halogens is 1. The Morgan fingerprint density at radius 3 is 2.45 bits per heavy atom. The Balaban J connectivity index is 2.08. The van der Waals surface area contributed by atoms with Gasteiger partial charge < -0.3 is 14.6 Å². The monoisotopic (exact) mass is 276 g/mol. The van der Waals surface area contributed by atoms with E-state index in [0.29, 0.717) is 0 Å². The lowest BCUT2D eigenvalue weighted by Gasteiger charge is -2.09. The highest BCUT2D eigenvalue weighted by Gasteiger charge is 2.10. The fourth-order valence-corrected chi connectivity index (χ4v) is 1.67. The molecule has 0 aromatic heterocycles. The molecule has 2 aromatic carbocycles. The summed E-state index contributed by atoms with van der Waals surface area (Å²) >= 11 is 0. The van der Waals surface area contributed by atoms with E-state index in [4.69, 9.17) is 9.47 Å². The van der Waals surface area contributed by atoms with Crippen LogP contribution in [-0.4, -0.2) is 18.5 Å². The summed E-state index contributed by atoms with van der Waals surface area (Å²) in [5.41, 5.74) is 0.493. The van der Waals surface area contributed by atoms with Crippen molar-refractivity contribution in [3.05, 3.63) is 53.3 Å². The van der Waals surface area contributed by atoms with Crippen molar-refractivity contribution >= 4 is 6.29 Å². The Bertz CT molecular complexity index is 585. The van der Waals surface area contributed by atoms with Crippen molar-refractivity contribution in [1.82, 2.24) is 0 Å².